The Morgan fingerprint density at radius 3 is 2.56 bits per heavy atom. The number of carbonyl (C=O) groups excluding carboxylic acids is 1. The van der Waals surface area contributed by atoms with E-state index in [9.17, 15) is 25.2 Å². The van der Waals surface area contributed by atoms with Gasteiger partial charge in [0.2, 0.25) is 0 Å². The molecule has 1 aromatic carbocycles. The Morgan fingerprint density at radius 2 is 1.80 bits per heavy atom. The first-order valence-electron chi connectivity index (χ1n) is 20.1. The Balaban J connectivity index is 1.18. The van der Waals surface area contributed by atoms with Crippen molar-refractivity contribution in [3.05, 3.63) is 63.4 Å². The summed E-state index contributed by atoms with van der Waals surface area (Å²) in [5.41, 5.74) is 8.79. The van der Waals surface area contributed by atoms with E-state index in [1.807, 2.05) is 37.3 Å². The average molecular weight is 785 g/mol. The molecule has 7 rings (SSSR count). The Hall–Kier alpha value is -3.66. The number of aliphatic hydroxyl groups is 3. The lowest BCUT2D eigenvalue weighted by Crippen LogP contribution is -2.50. The third-order valence-corrected chi connectivity index (χ3v) is 15.0. The number of benzene rings is 1. The van der Waals surface area contributed by atoms with E-state index in [4.69, 9.17) is 10.7 Å². The first-order chi connectivity index (χ1) is 26.6. The molecule has 3 fully saturated rings. The van der Waals surface area contributed by atoms with Gasteiger partial charge < -0.3 is 36.8 Å². The van der Waals surface area contributed by atoms with E-state index in [-0.39, 0.29) is 59.4 Å². The Labute approximate surface area is 333 Å². The second kappa shape index (κ2) is 17.2. The molecule has 11 heteroatoms. The van der Waals surface area contributed by atoms with E-state index in [1.54, 1.807) is 29.6 Å². The van der Waals surface area contributed by atoms with Crippen LogP contribution in [-0.2, 0) is 6.42 Å². The van der Waals surface area contributed by atoms with Crippen molar-refractivity contribution < 1.29 is 25.2 Å². The minimum Gasteiger partial charge on any atom is -0.507 e. The predicted octanol–water partition coefficient (Wildman–Crippen LogP) is 7.33. The smallest absolute Gasteiger partial charge is 0.189 e. The maximum absolute atomic E-state index is 14.6. The zero-order chi connectivity index (χ0) is 38.7. The van der Waals surface area contributed by atoms with E-state index >= 15 is 0 Å². The fourth-order valence-corrected chi connectivity index (χ4v) is 11.9. The highest BCUT2D eigenvalue weighted by atomic mass is 32.1. The molecule has 8 N–H and O–H groups in total. The Morgan fingerprint density at radius 1 is 1.04 bits per heavy atom. The van der Waals surface area contributed by atoms with Gasteiger partial charge in [-0.25, -0.2) is 0 Å². The van der Waals surface area contributed by atoms with Crippen molar-refractivity contribution in [2.45, 2.75) is 121 Å². The van der Waals surface area contributed by atoms with Crippen LogP contribution < -0.4 is 16.4 Å². The molecule has 1 aliphatic heterocycles. The van der Waals surface area contributed by atoms with Crippen LogP contribution in [-0.4, -0.2) is 69.1 Å². The van der Waals surface area contributed by atoms with Gasteiger partial charge in [-0.05, 0) is 131 Å². The average Bonchev–Trinajstić information content (AvgIpc) is 3.95. The lowest BCUT2D eigenvalue weighted by atomic mass is 9.58. The van der Waals surface area contributed by atoms with Gasteiger partial charge in [0.15, 0.2) is 11.7 Å². The number of carbonyl (C=O) groups is 1. The number of thiophene rings is 2. The van der Waals surface area contributed by atoms with E-state index < -0.39 is 12.2 Å². The minimum atomic E-state index is -0.819. The first kappa shape index (κ1) is 39.6. The second-order valence-electron chi connectivity index (χ2n) is 16.4. The van der Waals surface area contributed by atoms with E-state index in [0.717, 1.165) is 82.1 Å². The number of hydrogen-bond donors (Lipinski definition) is 7. The number of aromatic hydroxyl groups is 1. The van der Waals surface area contributed by atoms with Gasteiger partial charge in [0.1, 0.15) is 5.75 Å². The second-order valence-corrected chi connectivity index (χ2v) is 18.6. The van der Waals surface area contributed by atoms with Gasteiger partial charge in [0, 0.05) is 33.0 Å². The monoisotopic (exact) mass is 784 g/mol. The number of phenolic OH excluding ortho intramolecular Hbond substituents is 1. The molecule has 2 aromatic heterocycles. The molecule has 3 saturated carbocycles. The van der Waals surface area contributed by atoms with E-state index in [0.29, 0.717) is 30.8 Å². The highest BCUT2D eigenvalue weighted by Gasteiger charge is 2.53. The van der Waals surface area contributed by atoms with Crippen LogP contribution in [0.4, 0.5) is 5.69 Å². The number of fused-ring (bicyclic) bond motifs is 1. The quantitative estimate of drug-likeness (QED) is 0.0461. The van der Waals surface area contributed by atoms with Gasteiger partial charge in [-0.1, -0.05) is 37.3 Å². The fourth-order valence-electron chi connectivity index (χ4n) is 9.86. The van der Waals surface area contributed by atoms with Crippen molar-refractivity contribution in [2.75, 3.05) is 11.9 Å². The number of nitrogens with one attached hydrogen (secondary N) is 2. The number of anilines is 1. The number of ketones is 1. The van der Waals surface area contributed by atoms with Crippen molar-refractivity contribution in [2.24, 2.45) is 33.9 Å². The number of nitrogens with zero attached hydrogens (tertiary/aromatic N) is 1. The molecule has 9 nitrogen and oxygen atoms in total. The molecule has 3 heterocycles. The van der Waals surface area contributed by atoms with Crippen molar-refractivity contribution in [1.82, 2.24) is 5.32 Å². The van der Waals surface area contributed by atoms with Gasteiger partial charge in [-0.15, -0.1) is 28.6 Å². The maximum Gasteiger partial charge on any atom is 0.189 e. The van der Waals surface area contributed by atoms with Crippen LogP contribution in [0.2, 0.25) is 0 Å². The van der Waals surface area contributed by atoms with Gasteiger partial charge in [0.25, 0.3) is 0 Å². The van der Waals surface area contributed by atoms with Crippen LogP contribution in [0, 0.1) is 35.0 Å². The minimum absolute atomic E-state index is 0.0786. The largest absolute Gasteiger partial charge is 0.507 e. The standard InChI is InChI=1S/C44H56N4O5S2/c1-3-7-31-11-15-39(54-31)40-16-17-41(55-40)42(53)33-13-10-28(23-44(33)19-18-29(24-44)38(52)25-49)35(48-43(45)46-30-8-5-4-6-9-30)20-27-21-36-32(37(51)22-27)12-14-34(47-36)26(2)50/h11-12,14-17,21-22,26,28-30,33-35,38,47,49-52H,4-6,8-10,13,18-20,23-25H2,1-2H3,(H3,45,46,48). The summed E-state index contributed by atoms with van der Waals surface area (Å²) in [6.07, 6.45) is 13.0. The molecule has 8 unspecified atom stereocenters. The predicted molar refractivity (Wildman–Crippen MR) is 224 cm³/mol. The van der Waals surface area contributed by atoms with Crippen LogP contribution in [0.25, 0.3) is 15.8 Å². The third-order valence-electron chi connectivity index (χ3n) is 12.7. The molecule has 0 bridgehead atoms. The molecule has 3 aromatic rings. The number of aliphatic hydroxyl groups excluding tert-OH is 3. The highest BCUT2D eigenvalue weighted by Crippen LogP contribution is 2.58. The van der Waals surface area contributed by atoms with Crippen molar-refractivity contribution in [1.29, 1.82) is 0 Å². The van der Waals surface area contributed by atoms with E-state index in [2.05, 4.69) is 40.7 Å². The van der Waals surface area contributed by atoms with Crippen molar-refractivity contribution in [3.63, 3.8) is 0 Å². The SMILES string of the molecule is CC#Cc1ccc(-c2ccc(C(=O)C3CCC(C(Cc4cc(O)c5c(c4)NC(C(C)O)C=C5)NC(N)=NC4CCCCC4)CC34CCC(C(O)CO)C4)s2)s1. The number of rotatable bonds is 11. The molecule has 8 atom stereocenters. The van der Waals surface area contributed by atoms with Crippen molar-refractivity contribution >= 4 is 46.2 Å². The number of nitrogens with two attached hydrogens (primary N) is 1. The molecule has 294 valence electrons. The zero-order valence-corrected chi connectivity index (χ0v) is 33.6. The molecular weight excluding hydrogens is 729 g/mol. The normalized spacial score (nSPS) is 27.1. The molecule has 4 aliphatic rings. The summed E-state index contributed by atoms with van der Waals surface area (Å²) in [4.78, 5) is 23.5. The topological polar surface area (TPSA) is 160 Å². The van der Waals surface area contributed by atoms with Gasteiger partial charge in [-0.2, -0.15) is 0 Å². The number of guanidine groups is 1. The number of hydrogen-bond acceptors (Lipinski definition) is 9. The summed E-state index contributed by atoms with van der Waals surface area (Å²) in [6, 6.07) is 11.8. The summed E-state index contributed by atoms with van der Waals surface area (Å²) in [5.74, 6) is 6.74. The first-order valence-corrected chi connectivity index (χ1v) is 21.7. The molecule has 3 aliphatic carbocycles. The van der Waals surface area contributed by atoms with Crippen LogP contribution in [0.5, 0.6) is 5.75 Å². The molecular formula is C44H56N4O5S2. The molecule has 0 amide bonds. The summed E-state index contributed by atoms with van der Waals surface area (Å²) in [7, 11) is 0. The molecule has 1 spiro atoms. The zero-order valence-electron chi connectivity index (χ0n) is 32.0. The third kappa shape index (κ3) is 8.84. The maximum atomic E-state index is 14.6. The van der Waals surface area contributed by atoms with E-state index in [1.165, 1.54) is 6.42 Å². The molecule has 55 heavy (non-hydrogen) atoms. The van der Waals surface area contributed by atoms with Gasteiger partial charge in [0.05, 0.1) is 40.7 Å². The van der Waals surface area contributed by atoms with Gasteiger partial charge in [-0.3, -0.25) is 9.79 Å². The number of Topliss-reactive ketones (excluding diaryl/α,β-unsaturated/α-hetero) is 1. The summed E-state index contributed by atoms with van der Waals surface area (Å²) >= 11 is 3.19. The summed E-state index contributed by atoms with van der Waals surface area (Å²) < 4.78 is 0. The summed E-state index contributed by atoms with van der Waals surface area (Å²) in [6.45, 7) is 3.29. The lowest BCUT2D eigenvalue weighted by molar-refractivity contribution is 0.0187. The highest BCUT2D eigenvalue weighted by molar-refractivity contribution is 7.23. The van der Waals surface area contributed by atoms with Crippen LogP contribution >= 0.6 is 22.7 Å². The van der Waals surface area contributed by atoms with Gasteiger partial charge >= 0.3 is 0 Å². The fraction of sp³-hybridized carbons (Fsp3) is 0.545. The van der Waals surface area contributed by atoms with Crippen LogP contribution in [0.15, 0.2) is 47.5 Å². The van der Waals surface area contributed by atoms with Crippen LogP contribution in [0.3, 0.4) is 0 Å². The number of phenols is 1. The Bertz CT molecular complexity index is 1950. The summed E-state index contributed by atoms with van der Waals surface area (Å²) in [5, 5.41) is 49.3. The molecule has 0 radical (unpaired) electrons. The Kier molecular flexibility index (Phi) is 12.4. The van der Waals surface area contributed by atoms with Crippen LogP contribution in [0.1, 0.15) is 110 Å². The van der Waals surface area contributed by atoms with Crippen molar-refractivity contribution in [3.8, 4) is 27.3 Å². The lowest BCUT2D eigenvalue weighted by Gasteiger charge is -2.47. The molecule has 0 saturated heterocycles. The number of aliphatic imine (C=N–C) groups is 1.